The van der Waals surface area contributed by atoms with Gasteiger partial charge in [0.15, 0.2) is 12.2 Å². The molecule has 0 aliphatic carbocycles. The molecule has 0 aliphatic heterocycles. The quantitative estimate of drug-likeness (QED) is 0.0169. The number of esters is 4. The highest BCUT2D eigenvalue weighted by molar-refractivity contribution is 7.47. The lowest BCUT2D eigenvalue weighted by Gasteiger charge is -2.21. The minimum absolute atomic E-state index is 0.0852. The first-order valence-electron chi connectivity index (χ1n) is 37.0. The van der Waals surface area contributed by atoms with Crippen LogP contribution in [-0.2, 0) is 65.4 Å². The molecule has 0 fully saturated rings. The fourth-order valence-corrected chi connectivity index (χ4v) is 12.0. The number of hydrogen-bond donors (Lipinski definition) is 3. The SMILES string of the molecule is CCCCCC/C=C\C=C/CCCCCCCC(=O)O[C@H](COC(=O)CCCCCCCCCCCCCC(C)C)COP(=O)(O)OC[C@@H](O)COP(=O)(O)OC[C@@H](COC(=O)CCCCCCCCCCC)OC(=O)CCCCCCCCCCCCCCC. The maximum absolute atomic E-state index is 13.0. The molecule has 0 rings (SSSR count). The van der Waals surface area contributed by atoms with Crippen LogP contribution in [0, 0.1) is 5.92 Å². The molecule has 0 amide bonds. The third-order valence-electron chi connectivity index (χ3n) is 16.2. The van der Waals surface area contributed by atoms with Gasteiger partial charge in [0.05, 0.1) is 26.4 Å². The standard InChI is InChI=1S/C72H136O17P2/c1-6-9-12-15-18-21-23-25-26-28-32-38-43-48-53-58-72(77)89-68(62-83-70(75)56-51-46-41-36-33-29-30-35-39-44-49-54-65(4)5)64-87-91(80,81)85-60-66(73)59-84-90(78,79)86-63-67(61-82-69(74)55-50-45-40-34-20-17-14-11-8-3)88-71(76)57-52-47-42-37-31-27-24-22-19-16-13-10-7-2/h21,23,25-26,65-68,73H,6-20,22,24,27-64H2,1-5H3,(H,78,79)(H,80,81)/b23-21-,26-25-/t66-,67+,68+/m0/s1. The van der Waals surface area contributed by atoms with Gasteiger partial charge in [0.2, 0.25) is 0 Å². The van der Waals surface area contributed by atoms with Crippen molar-refractivity contribution in [3.8, 4) is 0 Å². The van der Waals surface area contributed by atoms with E-state index in [1.807, 2.05) is 0 Å². The summed E-state index contributed by atoms with van der Waals surface area (Å²) >= 11 is 0. The molecule has 19 heteroatoms. The summed E-state index contributed by atoms with van der Waals surface area (Å²) in [7, 11) is -9.91. The van der Waals surface area contributed by atoms with Gasteiger partial charge < -0.3 is 33.8 Å². The number of carbonyl (C=O) groups is 4. The Bertz CT molecular complexity index is 1850. The van der Waals surface area contributed by atoms with Gasteiger partial charge in [-0.05, 0) is 57.3 Å². The molecule has 0 aromatic rings. The Hall–Kier alpha value is -2.46. The monoisotopic (exact) mass is 1330 g/mol. The maximum Gasteiger partial charge on any atom is 0.472 e. The maximum atomic E-state index is 13.0. The van der Waals surface area contributed by atoms with E-state index in [0.29, 0.717) is 25.7 Å². The van der Waals surface area contributed by atoms with E-state index in [1.165, 1.54) is 161 Å². The van der Waals surface area contributed by atoms with Crippen molar-refractivity contribution >= 4 is 39.5 Å². The number of carbonyl (C=O) groups excluding carboxylic acids is 4. The predicted octanol–water partition coefficient (Wildman–Crippen LogP) is 20.5. The largest absolute Gasteiger partial charge is 0.472 e. The third-order valence-corrected chi connectivity index (χ3v) is 18.1. The summed E-state index contributed by atoms with van der Waals surface area (Å²) in [6.07, 6.45) is 54.8. The van der Waals surface area contributed by atoms with Crippen molar-refractivity contribution < 1.29 is 80.2 Å². The molecule has 0 aromatic carbocycles. The zero-order valence-corrected chi connectivity index (χ0v) is 60.3. The van der Waals surface area contributed by atoms with E-state index >= 15 is 0 Å². The van der Waals surface area contributed by atoms with Gasteiger partial charge in [0, 0.05) is 25.7 Å². The van der Waals surface area contributed by atoms with Gasteiger partial charge in [0.1, 0.15) is 19.3 Å². The number of unbranched alkanes of at least 4 members (excludes halogenated alkanes) is 39. The van der Waals surface area contributed by atoms with Crippen LogP contribution in [0.5, 0.6) is 0 Å². The highest BCUT2D eigenvalue weighted by Crippen LogP contribution is 2.45. The molecular weight excluding hydrogens is 1200 g/mol. The normalized spacial score (nSPS) is 14.2. The van der Waals surface area contributed by atoms with Crippen molar-refractivity contribution in [1.29, 1.82) is 0 Å². The zero-order chi connectivity index (χ0) is 67.0. The molecular formula is C72H136O17P2. The average molecular weight is 1340 g/mol. The first-order chi connectivity index (χ1) is 44.0. The number of aliphatic hydroxyl groups is 1. The van der Waals surface area contributed by atoms with Crippen molar-refractivity contribution in [2.45, 2.75) is 368 Å². The van der Waals surface area contributed by atoms with Crippen LogP contribution >= 0.6 is 15.6 Å². The van der Waals surface area contributed by atoms with Crippen molar-refractivity contribution in [3.05, 3.63) is 24.3 Å². The zero-order valence-electron chi connectivity index (χ0n) is 58.5. The molecule has 17 nitrogen and oxygen atoms in total. The minimum Gasteiger partial charge on any atom is -0.462 e. The summed E-state index contributed by atoms with van der Waals surface area (Å²) in [6.45, 7) is 7.18. The fourth-order valence-electron chi connectivity index (χ4n) is 10.5. The summed E-state index contributed by atoms with van der Waals surface area (Å²) in [5, 5.41) is 10.6. The number of ether oxygens (including phenoxy) is 4. The molecule has 0 saturated carbocycles. The topological polar surface area (TPSA) is 237 Å². The van der Waals surface area contributed by atoms with Gasteiger partial charge in [-0.3, -0.25) is 37.3 Å². The molecule has 91 heavy (non-hydrogen) atoms. The average Bonchev–Trinajstić information content (AvgIpc) is 3.57. The lowest BCUT2D eigenvalue weighted by molar-refractivity contribution is -0.161. The van der Waals surface area contributed by atoms with Gasteiger partial charge in [-0.25, -0.2) is 9.13 Å². The van der Waals surface area contributed by atoms with Gasteiger partial charge in [-0.15, -0.1) is 0 Å². The van der Waals surface area contributed by atoms with Crippen molar-refractivity contribution in [2.75, 3.05) is 39.6 Å². The summed E-state index contributed by atoms with van der Waals surface area (Å²) in [6, 6.07) is 0. The first-order valence-corrected chi connectivity index (χ1v) is 39.9. The number of hydrogen-bond acceptors (Lipinski definition) is 15. The molecule has 5 atom stereocenters. The Kier molecular flexibility index (Phi) is 63.1. The Balaban J connectivity index is 5.28. The van der Waals surface area contributed by atoms with Crippen LogP contribution in [-0.4, -0.2) is 96.7 Å². The van der Waals surface area contributed by atoms with E-state index in [0.717, 1.165) is 109 Å². The molecule has 536 valence electrons. The number of rotatable bonds is 70. The lowest BCUT2D eigenvalue weighted by Crippen LogP contribution is -2.30. The molecule has 0 aliphatic rings. The smallest absolute Gasteiger partial charge is 0.462 e. The first kappa shape index (κ1) is 88.5. The number of phosphoric acid groups is 2. The number of allylic oxidation sites excluding steroid dienone is 4. The van der Waals surface area contributed by atoms with Crippen LogP contribution in [0.1, 0.15) is 349 Å². The third kappa shape index (κ3) is 66.0. The molecule has 0 bridgehead atoms. The summed E-state index contributed by atoms with van der Waals surface area (Å²) in [4.78, 5) is 72.6. The number of aliphatic hydroxyl groups excluding tert-OH is 1. The highest BCUT2D eigenvalue weighted by atomic mass is 31.2. The minimum atomic E-state index is -4.96. The van der Waals surface area contributed by atoms with Crippen LogP contribution in [0.3, 0.4) is 0 Å². The Labute approximate surface area is 554 Å². The van der Waals surface area contributed by atoms with E-state index in [-0.39, 0.29) is 25.7 Å². The molecule has 0 saturated heterocycles. The molecule has 2 unspecified atom stereocenters. The van der Waals surface area contributed by atoms with Crippen LogP contribution in [0.4, 0.5) is 0 Å². The molecule has 0 aromatic heterocycles. The van der Waals surface area contributed by atoms with Gasteiger partial charge in [-0.2, -0.15) is 0 Å². The van der Waals surface area contributed by atoms with Crippen molar-refractivity contribution in [1.82, 2.24) is 0 Å². The van der Waals surface area contributed by atoms with Crippen LogP contribution < -0.4 is 0 Å². The van der Waals surface area contributed by atoms with E-state index < -0.39 is 97.5 Å². The molecule has 0 heterocycles. The predicted molar refractivity (Wildman–Crippen MR) is 368 cm³/mol. The second-order valence-corrected chi connectivity index (χ2v) is 28.7. The summed E-state index contributed by atoms with van der Waals surface area (Å²) < 4.78 is 68.3. The Morgan fingerprint density at radius 2 is 0.593 bits per heavy atom. The Morgan fingerprint density at radius 3 is 0.901 bits per heavy atom. The van der Waals surface area contributed by atoms with Gasteiger partial charge >= 0.3 is 39.5 Å². The summed E-state index contributed by atoms with van der Waals surface area (Å²) in [5.41, 5.74) is 0. The summed E-state index contributed by atoms with van der Waals surface area (Å²) in [5.74, 6) is -1.38. The van der Waals surface area contributed by atoms with E-state index in [9.17, 15) is 43.2 Å². The van der Waals surface area contributed by atoms with Crippen molar-refractivity contribution in [2.24, 2.45) is 5.92 Å². The van der Waals surface area contributed by atoms with E-state index in [4.69, 9.17) is 37.0 Å². The van der Waals surface area contributed by atoms with Crippen LogP contribution in [0.15, 0.2) is 24.3 Å². The Morgan fingerprint density at radius 1 is 0.341 bits per heavy atom. The molecule has 0 spiro atoms. The lowest BCUT2D eigenvalue weighted by atomic mass is 10.0. The van der Waals surface area contributed by atoms with Gasteiger partial charge in [0.25, 0.3) is 0 Å². The van der Waals surface area contributed by atoms with E-state index in [1.54, 1.807) is 0 Å². The number of phosphoric ester groups is 2. The second-order valence-electron chi connectivity index (χ2n) is 25.8. The second kappa shape index (κ2) is 64.9. The van der Waals surface area contributed by atoms with Gasteiger partial charge in [-0.1, -0.05) is 296 Å². The van der Waals surface area contributed by atoms with E-state index in [2.05, 4.69) is 58.9 Å². The highest BCUT2D eigenvalue weighted by Gasteiger charge is 2.30. The molecule has 3 N–H and O–H groups in total. The van der Waals surface area contributed by atoms with Crippen molar-refractivity contribution in [3.63, 3.8) is 0 Å². The fraction of sp³-hybridized carbons (Fsp3) is 0.889. The molecule has 0 radical (unpaired) electrons. The van der Waals surface area contributed by atoms with Crippen LogP contribution in [0.25, 0.3) is 0 Å². The van der Waals surface area contributed by atoms with Crippen LogP contribution in [0.2, 0.25) is 0 Å².